The number of rotatable bonds is 8. The third-order valence-corrected chi connectivity index (χ3v) is 3.59. The number of carbonyl (C=O) groups is 3. The summed E-state index contributed by atoms with van der Waals surface area (Å²) in [6, 6.07) is 8.02. The number of imide groups is 1. The molecule has 0 aliphatic heterocycles. The predicted octanol–water partition coefficient (Wildman–Crippen LogP) is -0.386. The molecule has 1 rings (SSSR count). The monoisotopic (exact) mass is 335 g/mol. The molecule has 1 aromatic carbocycles. The Morgan fingerprint density at radius 1 is 1.00 bits per heavy atom. The normalized spacial score (nSPS) is 12.8. The molecule has 0 aromatic heterocycles. The van der Waals surface area contributed by atoms with E-state index in [-0.39, 0.29) is 12.5 Å². The number of hydrogen-bond donors (Lipinski definition) is 4. The van der Waals surface area contributed by atoms with Gasteiger partial charge in [0.25, 0.3) is 11.8 Å². The van der Waals surface area contributed by atoms with Crippen molar-refractivity contribution in [2.75, 3.05) is 26.2 Å². The summed E-state index contributed by atoms with van der Waals surface area (Å²) >= 11 is 0. The van der Waals surface area contributed by atoms with Gasteiger partial charge < -0.3 is 15.5 Å². The van der Waals surface area contributed by atoms with Crippen molar-refractivity contribution in [3.8, 4) is 0 Å². The lowest BCUT2D eigenvalue weighted by molar-refractivity contribution is -0.912. The quantitative estimate of drug-likeness (QED) is 0.522. The zero-order chi connectivity index (χ0) is 17.9. The summed E-state index contributed by atoms with van der Waals surface area (Å²) in [6.45, 7) is 7.23. The van der Waals surface area contributed by atoms with Crippen LogP contribution in [0.15, 0.2) is 30.3 Å². The first-order valence-corrected chi connectivity index (χ1v) is 8.28. The van der Waals surface area contributed by atoms with Crippen LogP contribution in [0.1, 0.15) is 32.4 Å². The van der Waals surface area contributed by atoms with E-state index in [9.17, 15) is 14.4 Å². The molecule has 7 nitrogen and oxygen atoms in total. The summed E-state index contributed by atoms with van der Waals surface area (Å²) in [4.78, 5) is 37.1. The number of benzene rings is 1. The molecule has 0 saturated carbocycles. The fourth-order valence-electron chi connectivity index (χ4n) is 2.50. The van der Waals surface area contributed by atoms with Crippen molar-refractivity contribution < 1.29 is 19.3 Å². The Hall–Kier alpha value is -2.41. The van der Waals surface area contributed by atoms with Crippen LogP contribution < -0.4 is 20.9 Å². The van der Waals surface area contributed by atoms with Gasteiger partial charge in [0, 0.05) is 18.7 Å². The molecule has 4 amide bonds. The van der Waals surface area contributed by atoms with Crippen LogP contribution in [-0.2, 0) is 9.59 Å². The van der Waals surface area contributed by atoms with Crippen LogP contribution in [-0.4, -0.2) is 44.0 Å². The maximum absolute atomic E-state index is 12.6. The molecule has 0 saturated heterocycles. The number of urea groups is 1. The van der Waals surface area contributed by atoms with Crippen molar-refractivity contribution in [2.45, 2.75) is 26.8 Å². The van der Waals surface area contributed by atoms with Crippen LogP contribution in [0.25, 0.3) is 0 Å². The molecule has 4 N–H and O–H groups in total. The zero-order valence-corrected chi connectivity index (χ0v) is 14.5. The Morgan fingerprint density at radius 3 is 2.17 bits per heavy atom. The van der Waals surface area contributed by atoms with E-state index < -0.39 is 18.0 Å². The van der Waals surface area contributed by atoms with Crippen LogP contribution in [0, 0.1) is 0 Å². The van der Waals surface area contributed by atoms with Gasteiger partial charge in [0.2, 0.25) is 0 Å². The average molecular weight is 335 g/mol. The van der Waals surface area contributed by atoms with Gasteiger partial charge in [0.1, 0.15) is 0 Å². The largest absolute Gasteiger partial charge is 0.351 e. The molecular formula is C17H27N4O3+. The second kappa shape index (κ2) is 10.4. The van der Waals surface area contributed by atoms with Crippen LogP contribution in [0.4, 0.5) is 4.79 Å². The lowest BCUT2D eigenvalue weighted by Crippen LogP contribution is -3.14. The third kappa shape index (κ3) is 6.00. The highest BCUT2D eigenvalue weighted by Crippen LogP contribution is 2.09. The number of carbonyl (C=O) groups excluding carboxylic acids is 3. The summed E-state index contributed by atoms with van der Waals surface area (Å²) in [5, 5.41) is 7.65. The molecule has 0 aliphatic carbocycles. The van der Waals surface area contributed by atoms with E-state index in [1.807, 2.05) is 44.2 Å². The fraction of sp³-hybridized carbons (Fsp3) is 0.471. The highest BCUT2D eigenvalue weighted by Gasteiger charge is 2.32. The van der Waals surface area contributed by atoms with Gasteiger partial charge in [0.15, 0.2) is 12.6 Å². The number of likely N-dealkylation sites (N-methyl/N-ethyl adjacent to an activating group) is 2. The van der Waals surface area contributed by atoms with E-state index in [0.29, 0.717) is 19.6 Å². The summed E-state index contributed by atoms with van der Waals surface area (Å²) < 4.78 is 0. The molecule has 0 heterocycles. The van der Waals surface area contributed by atoms with Crippen molar-refractivity contribution in [1.82, 2.24) is 16.0 Å². The molecule has 7 heteroatoms. The van der Waals surface area contributed by atoms with Crippen LogP contribution in [0.5, 0.6) is 0 Å². The highest BCUT2D eigenvalue weighted by atomic mass is 16.2. The molecule has 0 fully saturated rings. The minimum absolute atomic E-state index is 0.124. The Labute approximate surface area is 142 Å². The van der Waals surface area contributed by atoms with E-state index in [0.717, 1.165) is 10.5 Å². The minimum atomic E-state index is -0.638. The Kier molecular flexibility index (Phi) is 8.49. The summed E-state index contributed by atoms with van der Waals surface area (Å²) in [7, 11) is 0. The first kappa shape index (κ1) is 19.6. The van der Waals surface area contributed by atoms with E-state index in [2.05, 4.69) is 16.0 Å². The van der Waals surface area contributed by atoms with Crippen LogP contribution in [0.3, 0.4) is 0 Å². The van der Waals surface area contributed by atoms with Crippen molar-refractivity contribution >= 4 is 17.8 Å². The zero-order valence-electron chi connectivity index (χ0n) is 14.5. The molecule has 0 aliphatic rings. The first-order chi connectivity index (χ1) is 11.5. The molecule has 0 radical (unpaired) electrons. The molecule has 24 heavy (non-hydrogen) atoms. The molecule has 1 aromatic rings. The molecular weight excluding hydrogens is 308 g/mol. The lowest BCUT2D eigenvalue weighted by atomic mass is 10.0. The Balaban J connectivity index is 3.01. The SMILES string of the molecule is CCNC(=O)C[NH+](CC)[C@@H](C(=O)NC(=O)NCC)c1ccccc1. The van der Waals surface area contributed by atoms with Gasteiger partial charge in [-0.05, 0) is 20.8 Å². The van der Waals surface area contributed by atoms with Crippen molar-refractivity contribution in [3.63, 3.8) is 0 Å². The number of amides is 4. The van der Waals surface area contributed by atoms with Gasteiger partial charge in [-0.25, -0.2) is 4.79 Å². The third-order valence-electron chi connectivity index (χ3n) is 3.59. The molecule has 0 spiro atoms. The van der Waals surface area contributed by atoms with Gasteiger partial charge >= 0.3 is 6.03 Å². The van der Waals surface area contributed by atoms with Crippen molar-refractivity contribution in [1.29, 1.82) is 0 Å². The Morgan fingerprint density at radius 2 is 1.62 bits per heavy atom. The predicted molar refractivity (Wildman–Crippen MR) is 91.5 cm³/mol. The molecule has 1 unspecified atom stereocenters. The Bertz CT molecular complexity index is 548. The van der Waals surface area contributed by atoms with Gasteiger partial charge in [-0.2, -0.15) is 0 Å². The smallest absolute Gasteiger partial charge is 0.321 e. The minimum Gasteiger partial charge on any atom is -0.351 e. The molecule has 0 bridgehead atoms. The topological polar surface area (TPSA) is 91.7 Å². The van der Waals surface area contributed by atoms with Crippen molar-refractivity contribution in [3.05, 3.63) is 35.9 Å². The maximum Gasteiger partial charge on any atom is 0.321 e. The van der Waals surface area contributed by atoms with Crippen molar-refractivity contribution in [2.24, 2.45) is 0 Å². The highest BCUT2D eigenvalue weighted by molar-refractivity contribution is 5.96. The summed E-state index contributed by atoms with van der Waals surface area (Å²) in [5.74, 6) is -0.547. The number of nitrogens with one attached hydrogen (secondary N) is 4. The van der Waals surface area contributed by atoms with E-state index >= 15 is 0 Å². The van der Waals surface area contributed by atoms with Gasteiger partial charge in [-0.15, -0.1) is 0 Å². The van der Waals surface area contributed by atoms with E-state index in [1.165, 1.54) is 0 Å². The van der Waals surface area contributed by atoms with E-state index in [4.69, 9.17) is 0 Å². The summed E-state index contributed by atoms with van der Waals surface area (Å²) in [5.41, 5.74) is 0.764. The maximum atomic E-state index is 12.6. The average Bonchev–Trinajstić information content (AvgIpc) is 2.55. The second-order valence-electron chi connectivity index (χ2n) is 5.33. The van der Waals surface area contributed by atoms with Crippen LogP contribution in [0.2, 0.25) is 0 Å². The number of quaternary nitrogens is 1. The summed E-state index contributed by atoms with van der Waals surface area (Å²) in [6.07, 6.45) is 0. The van der Waals surface area contributed by atoms with Gasteiger partial charge in [-0.1, -0.05) is 30.3 Å². The second-order valence-corrected chi connectivity index (χ2v) is 5.33. The van der Waals surface area contributed by atoms with Crippen LogP contribution >= 0.6 is 0 Å². The molecule has 2 atom stereocenters. The number of hydrogen-bond acceptors (Lipinski definition) is 3. The van der Waals surface area contributed by atoms with Gasteiger partial charge in [0.05, 0.1) is 6.54 Å². The van der Waals surface area contributed by atoms with Gasteiger partial charge in [-0.3, -0.25) is 14.9 Å². The fourth-order valence-corrected chi connectivity index (χ4v) is 2.50. The first-order valence-electron chi connectivity index (χ1n) is 8.28. The molecule has 132 valence electrons. The van der Waals surface area contributed by atoms with E-state index in [1.54, 1.807) is 6.92 Å². The standard InChI is InChI=1S/C17H26N4O3/c1-4-18-14(22)12-21(6-3)15(13-10-8-7-9-11-13)16(23)20-17(24)19-5-2/h7-11,15H,4-6,12H2,1-3H3,(H,18,22)(H2,19,20,23,24)/p+1/t15-/m1/s1. The lowest BCUT2D eigenvalue weighted by Gasteiger charge is -2.26.